The number of amides is 1. The summed E-state index contributed by atoms with van der Waals surface area (Å²) in [6.07, 6.45) is 8.07. The van der Waals surface area contributed by atoms with Gasteiger partial charge in [-0.25, -0.2) is 4.98 Å². The van der Waals surface area contributed by atoms with Gasteiger partial charge in [0.1, 0.15) is 5.75 Å². The van der Waals surface area contributed by atoms with Gasteiger partial charge in [0.2, 0.25) is 11.8 Å². The first-order chi connectivity index (χ1) is 13.1. The summed E-state index contributed by atoms with van der Waals surface area (Å²) in [7, 11) is 0. The molecule has 5 heteroatoms. The maximum atomic E-state index is 12.2. The normalized spacial score (nSPS) is 11.9. The van der Waals surface area contributed by atoms with Crippen molar-refractivity contribution in [1.29, 1.82) is 0 Å². The van der Waals surface area contributed by atoms with Gasteiger partial charge in [-0.05, 0) is 43.2 Å². The van der Waals surface area contributed by atoms with Gasteiger partial charge in [-0.2, -0.15) is 0 Å². The van der Waals surface area contributed by atoms with Gasteiger partial charge in [-0.1, -0.05) is 42.0 Å². The van der Waals surface area contributed by atoms with E-state index in [-0.39, 0.29) is 11.9 Å². The first-order valence-corrected chi connectivity index (χ1v) is 8.69. The summed E-state index contributed by atoms with van der Waals surface area (Å²) in [6, 6.07) is 15.4. The third-order valence-electron chi connectivity index (χ3n) is 3.95. The van der Waals surface area contributed by atoms with Gasteiger partial charge in [0, 0.05) is 18.5 Å². The summed E-state index contributed by atoms with van der Waals surface area (Å²) < 4.78 is 5.69. The molecule has 3 rings (SSSR count). The minimum atomic E-state index is -0.162. The van der Waals surface area contributed by atoms with Crippen molar-refractivity contribution in [2.75, 3.05) is 0 Å². The monoisotopic (exact) mass is 359 g/mol. The van der Waals surface area contributed by atoms with Crippen molar-refractivity contribution in [3.05, 3.63) is 89.9 Å². The van der Waals surface area contributed by atoms with Crippen molar-refractivity contribution in [1.82, 2.24) is 15.3 Å². The van der Waals surface area contributed by atoms with E-state index in [0.29, 0.717) is 11.6 Å². The second-order valence-corrected chi connectivity index (χ2v) is 6.20. The van der Waals surface area contributed by atoms with E-state index in [1.807, 2.05) is 68.5 Å². The van der Waals surface area contributed by atoms with Gasteiger partial charge in [0.05, 0.1) is 12.2 Å². The number of aromatic nitrogens is 2. The lowest BCUT2D eigenvalue weighted by Crippen LogP contribution is -2.24. The summed E-state index contributed by atoms with van der Waals surface area (Å²) in [5.41, 5.74) is 3.09. The van der Waals surface area contributed by atoms with Crippen LogP contribution in [0, 0.1) is 6.92 Å². The molecule has 1 unspecified atom stereocenters. The number of hydrogen-bond acceptors (Lipinski definition) is 4. The number of aryl methyl sites for hydroxylation is 1. The van der Waals surface area contributed by atoms with Gasteiger partial charge in [0.15, 0.2) is 0 Å². The van der Waals surface area contributed by atoms with E-state index < -0.39 is 0 Å². The molecule has 0 radical (unpaired) electrons. The molecule has 136 valence electrons. The maximum Gasteiger partial charge on any atom is 0.244 e. The van der Waals surface area contributed by atoms with Crippen LogP contribution in [0.2, 0.25) is 0 Å². The first kappa shape index (κ1) is 18.3. The molecule has 5 nitrogen and oxygen atoms in total. The van der Waals surface area contributed by atoms with Gasteiger partial charge < -0.3 is 10.1 Å². The van der Waals surface area contributed by atoms with Crippen molar-refractivity contribution < 1.29 is 9.53 Å². The molecular weight excluding hydrogens is 338 g/mol. The van der Waals surface area contributed by atoms with Crippen molar-refractivity contribution >= 4 is 12.0 Å². The number of nitrogens with one attached hydrogen (secondary N) is 1. The Bertz CT molecular complexity index is 939. The number of carbonyl (C=O) groups excluding carboxylic acids is 1. The van der Waals surface area contributed by atoms with Crippen LogP contribution in [0.1, 0.15) is 29.7 Å². The van der Waals surface area contributed by atoms with Crippen LogP contribution in [0.25, 0.3) is 6.08 Å². The van der Waals surface area contributed by atoms with Crippen LogP contribution in [0.4, 0.5) is 0 Å². The van der Waals surface area contributed by atoms with E-state index in [4.69, 9.17) is 4.74 Å². The molecule has 0 aliphatic heterocycles. The highest BCUT2D eigenvalue weighted by molar-refractivity contribution is 5.92. The zero-order valence-corrected chi connectivity index (χ0v) is 15.3. The molecule has 1 atom stereocenters. The zero-order valence-electron chi connectivity index (χ0n) is 15.3. The van der Waals surface area contributed by atoms with Crippen LogP contribution in [0.3, 0.4) is 0 Å². The Hall–Kier alpha value is -3.47. The van der Waals surface area contributed by atoms with Gasteiger partial charge in [-0.15, -0.1) is 0 Å². The molecule has 0 fully saturated rings. The molecule has 0 aliphatic rings. The molecule has 1 amide bonds. The van der Waals surface area contributed by atoms with E-state index >= 15 is 0 Å². The fourth-order valence-electron chi connectivity index (χ4n) is 2.60. The molecule has 0 aliphatic carbocycles. The quantitative estimate of drug-likeness (QED) is 0.660. The van der Waals surface area contributed by atoms with E-state index in [1.165, 1.54) is 0 Å². The van der Waals surface area contributed by atoms with E-state index in [0.717, 1.165) is 16.7 Å². The van der Waals surface area contributed by atoms with Crippen LogP contribution < -0.4 is 10.1 Å². The van der Waals surface area contributed by atoms with Gasteiger partial charge in [-0.3, -0.25) is 9.78 Å². The fraction of sp³-hybridized carbons (Fsp3) is 0.136. The van der Waals surface area contributed by atoms with Gasteiger partial charge in [0.25, 0.3) is 0 Å². The minimum absolute atomic E-state index is 0.149. The number of benzene rings is 2. The Balaban J connectivity index is 1.62. The predicted octanol–water partition coefficient (Wildman–Crippen LogP) is 4.47. The minimum Gasteiger partial charge on any atom is -0.437 e. The van der Waals surface area contributed by atoms with E-state index in [9.17, 15) is 4.79 Å². The summed E-state index contributed by atoms with van der Waals surface area (Å²) in [5, 5.41) is 2.96. The standard InChI is InChI=1S/C22H21N3O2/c1-16-5-3-6-18(13-16)9-10-21(26)25-17(2)19-7-4-8-20(14-19)27-22-15-23-11-12-24-22/h3-15,17H,1-2H3,(H,25,26)/b10-9+. The number of nitrogens with zero attached hydrogens (tertiary/aromatic N) is 2. The van der Waals surface area contributed by atoms with Crippen LogP contribution in [-0.4, -0.2) is 15.9 Å². The molecule has 1 heterocycles. The first-order valence-electron chi connectivity index (χ1n) is 8.69. The Morgan fingerprint density at radius 3 is 2.78 bits per heavy atom. The topological polar surface area (TPSA) is 64.1 Å². The number of carbonyl (C=O) groups is 1. The third kappa shape index (κ3) is 5.51. The number of ether oxygens (including phenoxy) is 1. The van der Waals surface area contributed by atoms with E-state index in [1.54, 1.807) is 24.7 Å². The lowest BCUT2D eigenvalue weighted by molar-refractivity contribution is -0.117. The summed E-state index contributed by atoms with van der Waals surface area (Å²) in [6.45, 7) is 3.95. The molecule has 2 aromatic carbocycles. The van der Waals surface area contributed by atoms with Crippen LogP contribution in [0.15, 0.2) is 73.2 Å². The van der Waals surface area contributed by atoms with Gasteiger partial charge >= 0.3 is 0 Å². The fourth-order valence-corrected chi connectivity index (χ4v) is 2.60. The molecule has 3 aromatic rings. The third-order valence-corrected chi connectivity index (χ3v) is 3.95. The van der Waals surface area contributed by atoms with Crippen molar-refractivity contribution in [2.45, 2.75) is 19.9 Å². The molecular formula is C22H21N3O2. The predicted molar refractivity (Wildman–Crippen MR) is 105 cm³/mol. The Morgan fingerprint density at radius 2 is 2.00 bits per heavy atom. The number of hydrogen-bond donors (Lipinski definition) is 1. The average Bonchev–Trinajstić information content (AvgIpc) is 2.67. The largest absolute Gasteiger partial charge is 0.437 e. The Labute approximate surface area is 158 Å². The molecule has 0 spiro atoms. The van der Waals surface area contributed by atoms with Crippen molar-refractivity contribution in [2.24, 2.45) is 0 Å². The summed E-state index contributed by atoms with van der Waals surface area (Å²) >= 11 is 0. The molecule has 0 saturated heterocycles. The Kier molecular flexibility index (Phi) is 5.94. The smallest absolute Gasteiger partial charge is 0.244 e. The highest BCUT2D eigenvalue weighted by Gasteiger charge is 2.09. The van der Waals surface area contributed by atoms with E-state index in [2.05, 4.69) is 15.3 Å². The SMILES string of the molecule is Cc1cccc(/C=C/C(=O)NC(C)c2cccc(Oc3cnccn3)c2)c1. The average molecular weight is 359 g/mol. The van der Waals surface area contributed by atoms with Crippen LogP contribution >= 0.6 is 0 Å². The highest BCUT2D eigenvalue weighted by Crippen LogP contribution is 2.22. The Morgan fingerprint density at radius 1 is 1.15 bits per heavy atom. The second kappa shape index (κ2) is 8.76. The summed E-state index contributed by atoms with van der Waals surface area (Å²) in [4.78, 5) is 20.3. The molecule has 0 bridgehead atoms. The maximum absolute atomic E-state index is 12.2. The molecule has 0 saturated carbocycles. The molecule has 1 aromatic heterocycles. The lowest BCUT2D eigenvalue weighted by atomic mass is 10.1. The summed E-state index contributed by atoms with van der Waals surface area (Å²) in [5.74, 6) is 0.918. The lowest BCUT2D eigenvalue weighted by Gasteiger charge is -2.14. The highest BCUT2D eigenvalue weighted by atomic mass is 16.5. The zero-order chi connectivity index (χ0) is 19.1. The van der Waals surface area contributed by atoms with Crippen LogP contribution in [0.5, 0.6) is 11.6 Å². The van der Waals surface area contributed by atoms with Crippen molar-refractivity contribution in [3.8, 4) is 11.6 Å². The van der Waals surface area contributed by atoms with Crippen molar-refractivity contribution in [3.63, 3.8) is 0 Å². The number of rotatable bonds is 6. The molecule has 27 heavy (non-hydrogen) atoms. The molecule has 1 N–H and O–H groups in total. The second-order valence-electron chi connectivity index (χ2n) is 6.20. The van der Waals surface area contributed by atoms with Crippen LogP contribution in [-0.2, 0) is 4.79 Å².